The summed E-state index contributed by atoms with van der Waals surface area (Å²) >= 11 is 0. The van der Waals surface area contributed by atoms with E-state index in [2.05, 4.69) is 52.5 Å². The summed E-state index contributed by atoms with van der Waals surface area (Å²) in [6.45, 7) is 11.7. The van der Waals surface area contributed by atoms with E-state index in [1.165, 1.54) is 10.0 Å². The third-order valence-electron chi connectivity index (χ3n) is 12.4. The lowest BCUT2D eigenvalue weighted by atomic mass is 10.0. The maximum absolute atomic E-state index is 14.3. The minimum Gasteiger partial charge on any atom is -0.378 e. The van der Waals surface area contributed by atoms with Crippen LogP contribution in [-0.2, 0) is 35.4 Å². The van der Waals surface area contributed by atoms with E-state index in [1.54, 1.807) is 49.1 Å². The number of pyridine rings is 1. The van der Waals surface area contributed by atoms with Gasteiger partial charge in [0.25, 0.3) is 0 Å². The van der Waals surface area contributed by atoms with Gasteiger partial charge in [0.05, 0.1) is 56.1 Å². The molecule has 0 radical (unpaired) electrons. The Hall–Kier alpha value is -7.35. The van der Waals surface area contributed by atoms with Crippen LogP contribution < -0.4 is 35.7 Å². The van der Waals surface area contributed by atoms with Gasteiger partial charge < -0.3 is 40.1 Å². The summed E-state index contributed by atoms with van der Waals surface area (Å²) in [6, 6.07) is 19.2. The number of ether oxygens (including phenoxy) is 2. The molecule has 2 fully saturated rings. The van der Waals surface area contributed by atoms with Gasteiger partial charge in [0, 0.05) is 111 Å². The number of benzene rings is 2. The molecule has 0 spiro atoms. The summed E-state index contributed by atoms with van der Waals surface area (Å²) in [4.78, 5) is 68.8. The van der Waals surface area contributed by atoms with E-state index in [4.69, 9.17) is 29.4 Å². The first-order valence-corrected chi connectivity index (χ1v) is 22.9. The second-order valence-corrected chi connectivity index (χ2v) is 16.7. The summed E-state index contributed by atoms with van der Waals surface area (Å²) in [5.74, 6) is 3.68. The summed E-state index contributed by atoms with van der Waals surface area (Å²) in [5, 5.41) is 12.1. The Morgan fingerprint density at radius 3 is 2.12 bits per heavy atom. The Morgan fingerprint density at radius 1 is 0.716 bits per heavy atom. The van der Waals surface area contributed by atoms with Crippen LogP contribution in [0.2, 0.25) is 0 Å². The number of anilines is 6. The first-order chi connectivity index (χ1) is 32.9. The van der Waals surface area contributed by atoms with E-state index >= 15 is 0 Å². The smallest absolute Gasteiger partial charge is 0.345 e. The largest absolute Gasteiger partial charge is 0.378 e. The molecule has 8 heterocycles. The molecule has 2 aromatic carbocycles. The molecule has 2 saturated heterocycles. The number of hydrogen-bond acceptors (Lipinski definition) is 15. The molecule has 0 bridgehead atoms. The molecule has 4 aliphatic rings. The zero-order chi connectivity index (χ0) is 45.7. The minimum atomic E-state index is -0.542. The molecule has 4 aromatic heterocycles. The Kier molecular flexibility index (Phi) is 12.8. The van der Waals surface area contributed by atoms with E-state index in [1.807, 2.05) is 49.4 Å². The van der Waals surface area contributed by atoms with Gasteiger partial charge in [-0.25, -0.2) is 44.5 Å². The lowest BCUT2D eigenvalue weighted by molar-refractivity contribution is 0.0984. The highest BCUT2D eigenvalue weighted by molar-refractivity contribution is 6.04. The highest BCUT2D eigenvalue weighted by Crippen LogP contribution is 2.33. The molecule has 6 aromatic rings. The molecule has 1 atom stereocenters. The monoisotopic (exact) mass is 903 g/mol. The molecular formula is C48H53N15O4. The molecule has 4 amide bonds. The molecule has 344 valence electrons. The number of carbonyl (C=O) groups is 2. The van der Waals surface area contributed by atoms with E-state index in [9.17, 15) is 9.59 Å². The Bertz CT molecular complexity index is 2690. The SMILES string of the molecule is CCN(C(=O)Nc1ccc(-c2nc3c(c(N4CCOCC4C)n2)CNCC3)cc1)N(C(=O)Nc1ccncc1)c1ccc(-c2nc3c(c(N4CCOCC4)n2)CCN(c2ncccn2)C3)cc1. The standard InChI is InChI=1S/C48H53N15O4/c1-3-62(47(64)53-35-9-5-33(6-10-35)42-55-40-15-21-50-29-39(40)45(58-42)61-25-28-67-31-32(61)2)63(48(65)54-36-13-19-49-20-14-36)37-11-7-34(8-12-37)43-56-41-30-60(46-51-17-4-18-52-46)22-16-38(41)44(57-43)59-23-26-66-27-24-59/h4-14,17-20,32,50H,3,15-16,21-31H2,1-2H3,(H,53,64)(H,49,54,65). The molecule has 4 aliphatic heterocycles. The number of aromatic nitrogens is 7. The Balaban J connectivity index is 0.923. The normalized spacial score (nSPS) is 17.0. The maximum atomic E-state index is 14.3. The van der Waals surface area contributed by atoms with Gasteiger partial charge in [-0.3, -0.25) is 4.98 Å². The van der Waals surface area contributed by atoms with Gasteiger partial charge >= 0.3 is 12.1 Å². The average Bonchev–Trinajstić information content (AvgIpc) is 3.38. The molecule has 19 nitrogen and oxygen atoms in total. The lowest BCUT2D eigenvalue weighted by Gasteiger charge is -2.36. The van der Waals surface area contributed by atoms with Crippen LogP contribution in [-0.4, -0.2) is 124 Å². The maximum Gasteiger partial charge on any atom is 0.345 e. The van der Waals surface area contributed by atoms with Crippen LogP contribution in [0.3, 0.4) is 0 Å². The minimum absolute atomic E-state index is 0.161. The number of amides is 4. The highest BCUT2D eigenvalue weighted by atomic mass is 16.5. The number of morpholine rings is 2. The second kappa shape index (κ2) is 19.6. The molecular weight excluding hydrogens is 851 g/mol. The van der Waals surface area contributed by atoms with Gasteiger partial charge in [0.15, 0.2) is 11.6 Å². The van der Waals surface area contributed by atoms with Gasteiger partial charge in [-0.15, -0.1) is 0 Å². The van der Waals surface area contributed by atoms with Crippen molar-refractivity contribution in [2.75, 3.05) is 96.0 Å². The van der Waals surface area contributed by atoms with Crippen molar-refractivity contribution in [3.8, 4) is 22.8 Å². The van der Waals surface area contributed by atoms with E-state index in [0.29, 0.717) is 67.6 Å². The molecule has 3 N–H and O–H groups in total. The third-order valence-corrected chi connectivity index (χ3v) is 12.4. The zero-order valence-corrected chi connectivity index (χ0v) is 37.6. The van der Waals surface area contributed by atoms with Crippen LogP contribution in [0.25, 0.3) is 22.8 Å². The van der Waals surface area contributed by atoms with Gasteiger partial charge in [0.2, 0.25) is 5.95 Å². The van der Waals surface area contributed by atoms with Crippen molar-refractivity contribution in [1.82, 2.24) is 45.2 Å². The fourth-order valence-corrected chi connectivity index (χ4v) is 8.93. The van der Waals surface area contributed by atoms with Crippen molar-refractivity contribution in [2.45, 2.75) is 45.8 Å². The predicted octanol–water partition coefficient (Wildman–Crippen LogP) is 5.56. The first-order valence-electron chi connectivity index (χ1n) is 22.9. The number of urea groups is 2. The fraction of sp³-hybridized carbons (Fsp3) is 0.354. The molecule has 67 heavy (non-hydrogen) atoms. The van der Waals surface area contributed by atoms with Gasteiger partial charge in [-0.2, -0.15) is 5.01 Å². The summed E-state index contributed by atoms with van der Waals surface area (Å²) in [7, 11) is 0. The van der Waals surface area contributed by atoms with Crippen molar-refractivity contribution < 1.29 is 19.1 Å². The number of nitrogens with zero attached hydrogens (tertiary/aromatic N) is 12. The topological polar surface area (TPSA) is 195 Å². The van der Waals surface area contributed by atoms with Crippen molar-refractivity contribution in [1.29, 1.82) is 0 Å². The fourth-order valence-electron chi connectivity index (χ4n) is 8.93. The van der Waals surface area contributed by atoms with Gasteiger partial charge in [-0.05, 0) is 87.0 Å². The average molecular weight is 904 g/mol. The number of fused-ring (bicyclic) bond motifs is 2. The molecule has 10 rings (SSSR count). The number of rotatable bonds is 9. The van der Waals surface area contributed by atoms with Gasteiger partial charge in [0.1, 0.15) is 11.6 Å². The molecule has 0 aliphatic carbocycles. The van der Waals surface area contributed by atoms with Crippen LogP contribution in [0.5, 0.6) is 0 Å². The quantitative estimate of drug-likeness (QED) is 0.153. The summed E-state index contributed by atoms with van der Waals surface area (Å²) in [5.41, 5.74) is 7.30. The Morgan fingerprint density at radius 2 is 1.39 bits per heavy atom. The molecule has 0 saturated carbocycles. The van der Waals surface area contributed by atoms with Crippen LogP contribution in [0, 0.1) is 0 Å². The van der Waals surface area contributed by atoms with Crippen molar-refractivity contribution >= 4 is 46.7 Å². The van der Waals surface area contributed by atoms with E-state index in [-0.39, 0.29) is 12.6 Å². The van der Waals surface area contributed by atoms with Crippen molar-refractivity contribution in [3.05, 3.63) is 114 Å². The van der Waals surface area contributed by atoms with Crippen molar-refractivity contribution in [2.24, 2.45) is 0 Å². The van der Waals surface area contributed by atoms with Crippen molar-refractivity contribution in [3.63, 3.8) is 0 Å². The summed E-state index contributed by atoms with van der Waals surface area (Å²) in [6.07, 6.45) is 8.24. The number of hydrazine groups is 1. The predicted molar refractivity (Wildman–Crippen MR) is 255 cm³/mol. The molecule has 19 heteroatoms. The highest BCUT2D eigenvalue weighted by Gasteiger charge is 2.31. The van der Waals surface area contributed by atoms with Gasteiger partial charge in [-0.1, -0.05) is 0 Å². The van der Waals surface area contributed by atoms with Crippen LogP contribution in [0.15, 0.2) is 91.5 Å². The first kappa shape index (κ1) is 43.5. The number of carbonyl (C=O) groups excluding carboxylic acids is 2. The van der Waals surface area contributed by atoms with Crippen LogP contribution in [0.4, 0.5) is 44.2 Å². The number of nitrogens with one attached hydrogen (secondary N) is 3. The Labute approximate surface area is 388 Å². The lowest BCUT2D eigenvalue weighted by Crippen LogP contribution is -2.53. The van der Waals surface area contributed by atoms with E-state index in [0.717, 1.165) is 97.4 Å². The zero-order valence-electron chi connectivity index (χ0n) is 37.6. The number of hydrogen-bond donors (Lipinski definition) is 3. The summed E-state index contributed by atoms with van der Waals surface area (Å²) < 4.78 is 11.4. The van der Waals surface area contributed by atoms with Crippen LogP contribution >= 0.6 is 0 Å². The van der Waals surface area contributed by atoms with E-state index < -0.39 is 12.1 Å². The van der Waals surface area contributed by atoms with Crippen LogP contribution in [0.1, 0.15) is 36.4 Å². The third kappa shape index (κ3) is 9.38. The molecule has 1 unspecified atom stereocenters. The second-order valence-electron chi connectivity index (χ2n) is 16.7.